The smallest absolute Gasteiger partial charge is 0.254 e. The quantitative estimate of drug-likeness (QED) is 0.490. The maximum Gasteiger partial charge on any atom is 0.254 e. The molecular formula is C12H13F4NO3. The molecule has 8 heteroatoms. The van der Waals surface area contributed by atoms with E-state index in [1.165, 1.54) is 14.0 Å². The fraction of sp³-hybridized carbons (Fsp3) is 0.417. The largest absolute Gasteiger partial charge is 0.393 e. The Bertz CT molecular complexity index is 518. The number of ether oxygens (including phenoxy) is 1. The summed E-state index contributed by atoms with van der Waals surface area (Å²) in [5, 5.41) is 11.2. The normalized spacial score (nSPS) is 13.9. The highest BCUT2D eigenvalue weighted by Crippen LogP contribution is 2.18. The maximum absolute atomic E-state index is 13.4. The number of amides is 1. The van der Waals surface area contributed by atoms with Gasteiger partial charge in [-0.15, -0.1) is 0 Å². The topological polar surface area (TPSA) is 58.6 Å². The Kier molecular flexibility index (Phi) is 5.07. The van der Waals surface area contributed by atoms with Crippen molar-refractivity contribution in [3.8, 4) is 0 Å². The third-order valence-corrected chi connectivity index (χ3v) is 2.80. The number of hydrogen-bond acceptors (Lipinski definition) is 3. The van der Waals surface area contributed by atoms with Crippen molar-refractivity contribution in [2.24, 2.45) is 0 Å². The van der Waals surface area contributed by atoms with Gasteiger partial charge in [-0.2, -0.15) is 0 Å². The molecule has 0 saturated carbocycles. The van der Waals surface area contributed by atoms with Gasteiger partial charge >= 0.3 is 0 Å². The van der Waals surface area contributed by atoms with Gasteiger partial charge in [0.15, 0.2) is 23.3 Å². The Morgan fingerprint density at radius 3 is 2.40 bits per heavy atom. The molecule has 1 amide bonds. The first-order valence-corrected chi connectivity index (χ1v) is 5.53. The molecule has 0 aliphatic rings. The molecule has 112 valence electrons. The van der Waals surface area contributed by atoms with Gasteiger partial charge in [-0.3, -0.25) is 4.79 Å². The van der Waals surface area contributed by atoms with E-state index in [0.29, 0.717) is 0 Å². The SMILES string of the molecule is COC(C)(CO)CNC(=O)c1cc(F)c(F)c(F)c1F. The minimum absolute atomic E-state index is 0.237. The predicted octanol–water partition coefficient (Wildman–Crippen LogP) is 1.37. The van der Waals surface area contributed by atoms with E-state index in [9.17, 15) is 22.4 Å². The van der Waals surface area contributed by atoms with E-state index in [1.807, 2.05) is 0 Å². The number of nitrogens with one attached hydrogen (secondary N) is 1. The number of halogens is 4. The fourth-order valence-electron chi connectivity index (χ4n) is 1.29. The lowest BCUT2D eigenvalue weighted by Crippen LogP contribution is -2.45. The summed E-state index contributed by atoms with van der Waals surface area (Å²) in [6.45, 7) is 0.771. The van der Waals surface area contributed by atoms with Crippen LogP contribution in [0.15, 0.2) is 6.07 Å². The Morgan fingerprint density at radius 1 is 1.30 bits per heavy atom. The molecule has 1 aromatic carbocycles. The summed E-state index contributed by atoms with van der Waals surface area (Å²) in [6, 6.07) is 0.256. The highest BCUT2D eigenvalue weighted by Gasteiger charge is 2.26. The van der Waals surface area contributed by atoms with Crippen LogP contribution in [0.1, 0.15) is 17.3 Å². The van der Waals surface area contributed by atoms with E-state index < -0.39 is 46.9 Å². The summed E-state index contributed by atoms with van der Waals surface area (Å²) in [4.78, 5) is 11.6. The maximum atomic E-state index is 13.4. The van der Waals surface area contributed by atoms with Crippen LogP contribution in [-0.4, -0.2) is 36.9 Å². The van der Waals surface area contributed by atoms with Crippen molar-refractivity contribution in [1.29, 1.82) is 0 Å². The van der Waals surface area contributed by atoms with Crippen molar-refractivity contribution in [1.82, 2.24) is 5.32 Å². The first-order chi connectivity index (χ1) is 9.25. The third kappa shape index (κ3) is 3.26. The van der Waals surface area contributed by atoms with Crippen molar-refractivity contribution < 1.29 is 32.2 Å². The van der Waals surface area contributed by atoms with Crippen LogP contribution in [-0.2, 0) is 4.74 Å². The lowest BCUT2D eigenvalue weighted by Gasteiger charge is -2.25. The summed E-state index contributed by atoms with van der Waals surface area (Å²) in [7, 11) is 1.28. The molecule has 1 aromatic rings. The molecule has 20 heavy (non-hydrogen) atoms. The molecule has 0 aliphatic carbocycles. The second-order valence-corrected chi connectivity index (χ2v) is 4.34. The van der Waals surface area contributed by atoms with E-state index in [2.05, 4.69) is 5.32 Å². The number of aliphatic hydroxyl groups excluding tert-OH is 1. The Labute approximate surface area is 112 Å². The van der Waals surface area contributed by atoms with Crippen molar-refractivity contribution in [3.63, 3.8) is 0 Å². The number of benzene rings is 1. The second-order valence-electron chi connectivity index (χ2n) is 4.34. The molecule has 4 nitrogen and oxygen atoms in total. The number of carbonyl (C=O) groups is 1. The Morgan fingerprint density at radius 2 is 1.90 bits per heavy atom. The molecule has 0 radical (unpaired) electrons. The molecular weight excluding hydrogens is 282 g/mol. The first kappa shape index (κ1) is 16.4. The van der Waals surface area contributed by atoms with Crippen LogP contribution in [0.3, 0.4) is 0 Å². The van der Waals surface area contributed by atoms with Crippen LogP contribution in [0.2, 0.25) is 0 Å². The summed E-state index contributed by atoms with van der Waals surface area (Å²) in [6.07, 6.45) is 0. The Balaban J connectivity index is 2.94. The van der Waals surface area contributed by atoms with Gasteiger partial charge in [0.2, 0.25) is 0 Å². The lowest BCUT2D eigenvalue weighted by molar-refractivity contribution is -0.0348. The zero-order chi connectivity index (χ0) is 15.5. The first-order valence-electron chi connectivity index (χ1n) is 5.53. The molecule has 1 unspecified atom stereocenters. The highest BCUT2D eigenvalue weighted by atomic mass is 19.2. The summed E-state index contributed by atoms with van der Waals surface area (Å²) >= 11 is 0. The van der Waals surface area contributed by atoms with Crippen LogP contribution in [0.5, 0.6) is 0 Å². The molecule has 0 saturated heterocycles. The molecule has 1 rings (SSSR count). The monoisotopic (exact) mass is 295 g/mol. The zero-order valence-electron chi connectivity index (χ0n) is 10.8. The average Bonchev–Trinajstić information content (AvgIpc) is 2.45. The van der Waals surface area contributed by atoms with Crippen molar-refractivity contribution in [2.75, 3.05) is 20.3 Å². The molecule has 0 bridgehead atoms. The van der Waals surface area contributed by atoms with Gasteiger partial charge in [0.25, 0.3) is 5.91 Å². The highest BCUT2D eigenvalue weighted by molar-refractivity contribution is 5.94. The van der Waals surface area contributed by atoms with E-state index >= 15 is 0 Å². The van der Waals surface area contributed by atoms with Gasteiger partial charge in [-0.1, -0.05) is 0 Å². The van der Waals surface area contributed by atoms with Crippen LogP contribution >= 0.6 is 0 Å². The fourth-order valence-corrected chi connectivity index (χ4v) is 1.29. The van der Waals surface area contributed by atoms with Crippen LogP contribution in [0.25, 0.3) is 0 Å². The standard InChI is InChI=1S/C12H13F4NO3/c1-12(5-18,20-2)4-17-11(19)6-3-7(13)9(15)10(16)8(6)14/h3,18H,4-5H2,1-2H3,(H,17,19). The third-order valence-electron chi connectivity index (χ3n) is 2.80. The zero-order valence-corrected chi connectivity index (χ0v) is 10.8. The van der Waals surface area contributed by atoms with Gasteiger partial charge in [0, 0.05) is 13.7 Å². The Hall–Kier alpha value is -1.67. The summed E-state index contributed by atoms with van der Waals surface area (Å²) in [5.74, 6) is -8.67. The summed E-state index contributed by atoms with van der Waals surface area (Å²) in [5.41, 5.74) is -2.11. The molecule has 2 N–H and O–H groups in total. The molecule has 1 atom stereocenters. The number of aliphatic hydroxyl groups is 1. The van der Waals surface area contributed by atoms with E-state index in [0.717, 1.165) is 0 Å². The number of methoxy groups -OCH3 is 1. The molecule has 0 spiro atoms. The average molecular weight is 295 g/mol. The lowest BCUT2D eigenvalue weighted by atomic mass is 10.1. The van der Waals surface area contributed by atoms with E-state index in [-0.39, 0.29) is 12.6 Å². The summed E-state index contributed by atoms with van der Waals surface area (Å²) < 4.78 is 56.9. The van der Waals surface area contributed by atoms with Gasteiger partial charge in [-0.25, -0.2) is 17.6 Å². The van der Waals surface area contributed by atoms with Crippen molar-refractivity contribution in [3.05, 3.63) is 34.9 Å². The van der Waals surface area contributed by atoms with Crippen molar-refractivity contribution in [2.45, 2.75) is 12.5 Å². The van der Waals surface area contributed by atoms with E-state index in [1.54, 1.807) is 0 Å². The van der Waals surface area contributed by atoms with Gasteiger partial charge in [0.1, 0.15) is 5.60 Å². The van der Waals surface area contributed by atoms with Gasteiger partial charge in [0.05, 0.1) is 12.2 Å². The number of hydrogen-bond donors (Lipinski definition) is 2. The number of rotatable bonds is 5. The second kappa shape index (κ2) is 6.19. The predicted molar refractivity (Wildman–Crippen MR) is 61.1 cm³/mol. The minimum atomic E-state index is -2.06. The van der Waals surface area contributed by atoms with E-state index in [4.69, 9.17) is 9.84 Å². The van der Waals surface area contributed by atoms with Crippen LogP contribution in [0, 0.1) is 23.3 Å². The molecule has 0 aromatic heterocycles. The van der Waals surface area contributed by atoms with Crippen LogP contribution in [0.4, 0.5) is 17.6 Å². The molecule has 0 heterocycles. The minimum Gasteiger partial charge on any atom is -0.393 e. The number of carbonyl (C=O) groups excluding carboxylic acids is 1. The van der Waals surface area contributed by atoms with Crippen molar-refractivity contribution >= 4 is 5.91 Å². The van der Waals surface area contributed by atoms with Gasteiger partial charge in [-0.05, 0) is 13.0 Å². The molecule has 0 aliphatic heterocycles. The van der Waals surface area contributed by atoms with Gasteiger partial charge < -0.3 is 15.2 Å². The molecule has 0 fully saturated rings. The van der Waals surface area contributed by atoms with Crippen LogP contribution < -0.4 is 5.32 Å².